The van der Waals surface area contributed by atoms with Gasteiger partial charge >= 0.3 is 5.97 Å². The Labute approximate surface area is 190 Å². The second kappa shape index (κ2) is 9.69. The lowest BCUT2D eigenvalue weighted by molar-refractivity contribution is -0.119. The highest BCUT2D eigenvalue weighted by Gasteiger charge is 2.21. The van der Waals surface area contributed by atoms with E-state index in [1.807, 2.05) is 30.3 Å². The van der Waals surface area contributed by atoms with Gasteiger partial charge in [0.15, 0.2) is 6.61 Å². The number of aromatic hydroxyl groups is 1. The first-order valence-electron chi connectivity index (χ1n) is 10.1. The first-order chi connectivity index (χ1) is 16.0. The number of aromatic nitrogens is 2. The van der Waals surface area contributed by atoms with Crippen LogP contribution in [0.3, 0.4) is 0 Å². The van der Waals surface area contributed by atoms with Crippen molar-refractivity contribution in [2.24, 2.45) is 0 Å². The number of hydrogen-bond acceptors (Lipinski definition) is 6. The van der Waals surface area contributed by atoms with E-state index in [0.717, 1.165) is 5.69 Å². The Kier molecular flexibility index (Phi) is 6.36. The highest BCUT2D eigenvalue weighted by atomic mass is 16.5. The molecule has 0 aliphatic carbocycles. The molecule has 1 amide bonds. The molecule has 4 aromatic rings. The van der Waals surface area contributed by atoms with Crippen LogP contribution < -0.4 is 10.1 Å². The van der Waals surface area contributed by atoms with E-state index in [4.69, 9.17) is 9.47 Å². The van der Waals surface area contributed by atoms with Crippen LogP contribution in [-0.2, 0) is 9.53 Å². The smallest absolute Gasteiger partial charge is 0.342 e. The van der Waals surface area contributed by atoms with E-state index >= 15 is 0 Å². The van der Waals surface area contributed by atoms with Gasteiger partial charge in [0.2, 0.25) is 0 Å². The number of carbonyl (C=O) groups excluding carboxylic acids is 2. The van der Waals surface area contributed by atoms with Crippen LogP contribution in [0.2, 0.25) is 0 Å². The van der Waals surface area contributed by atoms with Crippen molar-refractivity contribution in [1.82, 2.24) is 9.78 Å². The van der Waals surface area contributed by atoms with Crippen molar-refractivity contribution in [2.75, 3.05) is 19.0 Å². The number of benzene rings is 3. The highest BCUT2D eigenvalue weighted by Crippen LogP contribution is 2.26. The number of ether oxygens (including phenoxy) is 2. The largest absolute Gasteiger partial charge is 0.508 e. The molecule has 0 spiro atoms. The third kappa shape index (κ3) is 5.19. The molecule has 0 bridgehead atoms. The van der Waals surface area contributed by atoms with Crippen molar-refractivity contribution in [3.05, 3.63) is 90.6 Å². The predicted octanol–water partition coefficient (Wildman–Crippen LogP) is 4.05. The van der Waals surface area contributed by atoms with Crippen LogP contribution in [0.5, 0.6) is 11.5 Å². The van der Waals surface area contributed by atoms with Crippen LogP contribution in [0.15, 0.2) is 85.1 Å². The second-order valence-electron chi connectivity index (χ2n) is 7.07. The van der Waals surface area contributed by atoms with Gasteiger partial charge < -0.3 is 19.9 Å². The number of para-hydroxylation sites is 1. The minimum atomic E-state index is -0.677. The number of nitrogens with one attached hydrogen (secondary N) is 1. The fourth-order valence-electron chi connectivity index (χ4n) is 3.15. The van der Waals surface area contributed by atoms with E-state index in [2.05, 4.69) is 10.4 Å². The molecule has 4 rings (SSSR count). The van der Waals surface area contributed by atoms with Gasteiger partial charge in [-0.2, -0.15) is 5.10 Å². The Morgan fingerprint density at radius 2 is 1.67 bits per heavy atom. The maximum absolute atomic E-state index is 12.9. The molecule has 1 heterocycles. The summed E-state index contributed by atoms with van der Waals surface area (Å²) in [6, 6.07) is 22.5. The Morgan fingerprint density at radius 3 is 2.33 bits per heavy atom. The average molecular weight is 443 g/mol. The van der Waals surface area contributed by atoms with Gasteiger partial charge in [-0.15, -0.1) is 0 Å². The van der Waals surface area contributed by atoms with E-state index in [1.165, 1.54) is 12.1 Å². The number of phenolic OH excluding ortho intramolecular Hbond substituents is 1. The summed E-state index contributed by atoms with van der Waals surface area (Å²) < 4.78 is 12.1. The van der Waals surface area contributed by atoms with Crippen LogP contribution in [0, 0.1) is 0 Å². The van der Waals surface area contributed by atoms with Crippen molar-refractivity contribution in [1.29, 1.82) is 0 Å². The molecule has 0 fully saturated rings. The molecule has 8 nitrogen and oxygen atoms in total. The third-order valence-corrected chi connectivity index (χ3v) is 4.80. The Hall–Kier alpha value is -4.59. The van der Waals surface area contributed by atoms with Gasteiger partial charge in [-0.25, -0.2) is 9.48 Å². The number of rotatable bonds is 7. The molecular formula is C25H21N3O5. The summed E-state index contributed by atoms with van der Waals surface area (Å²) in [5.74, 6) is -0.420. The standard InChI is InChI=1S/C25H21N3O5/c1-32-21-13-7-17(8-14-21)24-22(15-28(27-24)19-5-3-2-4-6-19)25(31)33-16-23(30)26-18-9-11-20(29)12-10-18/h2-15,29H,16H2,1H3,(H,26,30). The molecule has 2 N–H and O–H groups in total. The number of anilines is 1. The van der Waals surface area contributed by atoms with Gasteiger partial charge in [-0.1, -0.05) is 18.2 Å². The van der Waals surface area contributed by atoms with E-state index in [0.29, 0.717) is 22.7 Å². The molecular weight excluding hydrogens is 422 g/mol. The molecule has 33 heavy (non-hydrogen) atoms. The quantitative estimate of drug-likeness (QED) is 0.330. The number of hydrogen-bond donors (Lipinski definition) is 2. The minimum absolute atomic E-state index is 0.0842. The fourth-order valence-corrected chi connectivity index (χ4v) is 3.15. The monoisotopic (exact) mass is 443 g/mol. The Morgan fingerprint density at radius 1 is 0.970 bits per heavy atom. The van der Waals surface area contributed by atoms with E-state index < -0.39 is 18.5 Å². The third-order valence-electron chi connectivity index (χ3n) is 4.80. The van der Waals surface area contributed by atoms with Crippen LogP contribution >= 0.6 is 0 Å². The second-order valence-corrected chi connectivity index (χ2v) is 7.07. The number of nitrogens with zero attached hydrogens (tertiary/aromatic N) is 2. The summed E-state index contributed by atoms with van der Waals surface area (Å²) in [6.45, 7) is -0.474. The maximum atomic E-state index is 12.9. The van der Waals surface area contributed by atoms with Crippen molar-refractivity contribution < 1.29 is 24.2 Å². The van der Waals surface area contributed by atoms with Crippen LogP contribution in [0.25, 0.3) is 16.9 Å². The van der Waals surface area contributed by atoms with Crippen molar-refractivity contribution in [3.63, 3.8) is 0 Å². The molecule has 166 valence electrons. The number of methoxy groups -OCH3 is 1. The van der Waals surface area contributed by atoms with Gasteiger partial charge in [-0.05, 0) is 60.7 Å². The first-order valence-corrected chi connectivity index (χ1v) is 10.1. The summed E-state index contributed by atoms with van der Waals surface area (Å²) in [5, 5.41) is 16.5. The molecule has 3 aromatic carbocycles. The highest BCUT2D eigenvalue weighted by molar-refractivity contribution is 5.98. The Bertz CT molecular complexity index is 1250. The summed E-state index contributed by atoms with van der Waals surface area (Å²) in [4.78, 5) is 25.1. The molecule has 0 atom stereocenters. The molecule has 0 unspecified atom stereocenters. The van der Waals surface area contributed by atoms with Crippen molar-refractivity contribution in [3.8, 4) is 28.4 Å². The predicted molar refractivity (Wildman–Crippen MR) is 123 cm³/mol. The van der Waals surface area contributed by atoms with Gasteiger partial charge in [0, 0.05) is 17.4 Å². The SMILES string of the molecule is COc1ccc(-c2nn(-c3ccccc3)cc2C(=O)OCC(=O)Nc2ccc(O)cc2)cc1. The molecule has 1 aromatic heterocycles. The zero-order chi connectivity index (χ0) is 23.2. The lowest BCUT2D eigenvalue weighted by atomic mass is 10.1. The number of esters is 1. The molecule has 0 aliphatic rings. The van der Waals surface area contributed by atoms with Crippen LogP contribution in [0.4, 0.5) is 5.69 Å². The lowest BCUT2D eigenvalue weighted by Crippen LogP contribution is -2.21. The van der Waals surface area contributed by atoms with Gasteiger partial charge in [0.05, 0.1) is 12.8 Å². The molecule has 0 saturated heterocycles. The van der Waals surface area contributed by atoms with Gasteiger partial charge in [0.1, 0.15) is 22.8 Å². The van der Waals surface area contributed by atoms with Gasteiger partial charge in [-0.3, -0.25) is 4.79 Å². The minimum Gasteiger partial charge on any atom is -0.508 e. The zero-order valence-corrected chi connectivity index (χ0v) is 17.8. The van der Waals surface area contributed by atoms with Crippen LogP contribution in [0.1, 0.15) is 10.4 Å². The first kappa shape index (κ1) is 21.6. The summed E-state index contributed by atoms with van der Waals surface area (Å²) >= 11 is 0. The maximum Gasteiger partial charge on any atom is 0.342 e. The topological polar surface area (TPSA) is 103 Å². The summed E-state index contributed by atoms with van der Waals surface area (Å²) in [6.07, 6.45) is 1.58. The van der Waals surface area contributed by atoms with E-state index in [1.54, 1.807) is 54.4 Å². The fraction of sp³-hybridized carbons (Fsp3) is 0.0800. The van der Waals surface area contributed by atoms with E-state index in [-0.39, 0.29) is 11.3 Å². The Balaban J connectivity index is 1.55. The van der Waals surface area contributed by atoms with Gasteiger partial charge in [0.25, 0.3) is 5.91 Å². The molecule has 0 radical (unpaired) electrons. The molecule has 8 heteroatoms. The van der Waals surface area contributed by atoms with Crippen LogP contribution in [-0.4, -0.2) is 40.5 Å². The van der Waals surface area contributed by atoms with Crippen molar-refractivity contribution in [2.45, 2.75) is 0 Å². The lowest BCUT2D eigenvalue weighted by Gasteiger charge is -2.07. The molecule has 0 aliphatic heterocycles. The average Bonchev–Trinajstić information content (AvgIpc) is 3.30. The van der Waals surface area contributed by atoms with Crippen molar-refractivity contribution >= 4 is 17.6 Å². The number of carbonyl (C=O) groups is 2. The summed E-state index contributed by atoms with van der Waals surface area (Å²) in [5.41, 5.74) is 2.60. The van der Waals surface area contributed by atoms with E-state index in [9.17, 15) is 14.7 Å². The zero-order valence-electron chi connectivity index (χ0n) is 17.8. The number of phenols is 1. The summed E-state index contributed by atoms with van der Waals surface area (Å²) in [7, 11) is 1.57. The normalized spacial score (nSPS) is 10.5. The number of amides is 1. The molecule has 0 saturated carbocycles.